The smallest absolute Gasteiger partial charge is 0.338 e. The highest BCUT2D eigenvalue weighted by molar-refractivity contribution is 6.21. The van der Waals surface area contributed by atoms with Gasteiger partial charge in [-0.25, -0.2) is 9.59 Å². The molecule has 8 nitrogen and oxygen atoms in total. The molecule has 1 amide bonds. The van der Waals surface area contributed by atoms with Crippen LogP contribution in [0.1, 0.15) is 57.8 Å². The van der Waals surface area contributed by atoms with Gasteiger partial charge >= 0.3 is 11.9 Å². The fraction of sp³-hybridized carbons (Fsp3) is 0.423. The number of ketones is 2. The lowest BCUT2D eigenvalue weighted by atomic mass is 9.71. The summed E-state index contributed by atoms with van der Waals surface area (Å²) in [6.45, 7) is 7.76. The van der Waals surface area contributed by atoms with Crippen molar-refractivity contribution < 1.29 is 33.5 Å². The van der Waals surface area contributed by atoms with Gasteiger partial charge in [0.1, 0.15) is 6.61 Å². The number of amides is 1. The van der Waals surface area contributed by atoms with Gasteiger partial charge in [-0.05, 0) is 51.0 Å². The molecule has 0 radical (unpaired) electrons. The zero-order valence-corrected chi connectivity index (χ0v) is 19.9. The summed E-state index contributed by atoms with van der Waals surface area (Å²) in [7, 11) is 0. The molecule has 34 heavy (non-hydrogen) atoms. The third kappa shape index (κ3) is 3.67. The van der Waals surface area contributed by atoms with Crippen LogP contribution in [0.4, 0.5) is 5.69 Å². The number of carbonyl (C=O) groups is 5. The molecule has 3 aliphatic carbocycles. The number of nitrogens with zero attached hydrogens (tertiary/aromatic N) is 1. The van der Waals surface area contributed by atoms with Gasteiger partial charge in [-0.1, -0.05) is 18.6 Å². The summed E-state index contributed by atoms with van der Waals surface area (Å²) in [6.07, 6.45) is 3.48. The van der Waals surface area contributed by atoms with E-state index in [-0.39, 0.29) is 40.8 Å². The zero-order chi connectivity index (χ0) is 25.0. The van der Waals surface area contributed by atoms with Gasteiger partial charge in [-0.2, -0.15) is 0 Å². The van der Waals surface area contributed by atoms with Crippen LogP contribution in [0.2, 0.25) is 0 Å². The third-order valence-electron chi connectivity index (χ3n) is 7.22. The van der Waals surface area contributed by atoms with Gasteiger partial charge in [-0.15, -0.1) is 5.06 Å². The van der Waals surface area contributed by atoms with Crippen LogP contribution < -0.4 is 5.06 Å². The summed E-state index contributed by atoms with van der Waals surface area (Å²) in [5.41, 5.74) is 1.09. The van der Waals surface area contributed by atoms with Crippen molar-refractivity contribution in [2.45, 2.75) is 47.5 Å². The molecule has 1 aromatic carbocycles. The number of benzene rings is 1. The van der Waals surface area contributed by atoms with Crippen molar-refractivity contribution in [2.24, 2.45) is 16.7 Å². The van der Waals surface area contributed by atoms with E-state index in [2.05, 4.69) is 0 Å². The van der Waals surface area contributed by atoms with Crippen LogP contribution >= 0.6 is 0 Å². The summed E-state index contributed by atoms with van der Waals surface area (Å²) < 4.78 is 5.46. The molecule has 3 aliphatic rings. The summed E-state index contributed by atoms with van der Waals surface area (Å²) in [5.74, 6) is -2.17. The monoisotopic (exact) mass is 465 g/mol. The molecule has 0 aliphatic heterocycles. The first-order chi connectivity index (χ1) is 15.9. The fourth-order valence-electron chi connectivity index (χ4n) is 5.00. The summed E-state index contributed by atoms with van der Waals surface area (Å²) >= 11 is 0. The number of allylic oxidation sites excluding steroid dienone is 3. The van der Waals surface area contributed by atoms with E-state index in [1.807, 2.05) is 13.8 Å². The Bertz CT molecular complexity index is 1190. The Morgan fingerprint density at radius 2 is 1.71 bits per heavy atom. The van der Waals surface area contributed by atoms with Crippen molar-refractivity contribution in [1.82, 2.24) is 0 Å². The average Bonchev–Trinajstić information content (AvgIpc) is 3.55. The Balaban J connectivity index is 1.49. The fourth-order valence-corrected chi connectivity index (χ4v) is 5.00. The predicted octanol–water partition coefficient (Wildman–Crippen LogP) is 3.51. The molecule has 2 atom stereocenters. The van der Waals surface area contributed by atoms with Crippen LogP contribution in [-0.2, 0) is 28.8 Å². The van der Waals surface area contributed by atoms with Gasteiger partial charge in [-0.3, -0.25) is 14.4 Å². The molecule has 4 rings (SSSR count). The maximum Gasteiger partial charge on any atom is 0.338 e. The molecule has 1 saturated carbocycles. The maximum atomic E-state index is 13.3. The highest BCUT2D eigenvalue weighted by atomic mass is 16.7. The van der Waals surface area contributed by atoms with E-state index < -0.39 is 23.3 Å². The summed E-state index contributed by atoms with van der Waals surface area (Å²) in [6, 6.07) is 5.76. The van der Waals surface area contributed by atoms with E-state index in [9.17, 15) is 24.0 Å². The molecule has 1 fully saturated rings. The number of hydrogen-bond donors (Lipinski definition) is 0. The molecule has 1 unspecified atom stereocenters. The first-order valence-electron chi connectivity index (χ1n) is 11.2. The minimum absolute atomic E-state index is 0.0140. The topological polar surface area (TPSA) is 107 Å². The summed E-state index contributed by atoms with van der Waals surface area (Å²) in [4.78, 5) is 66.8. The molecule has 0 N–H and O–H groups in total. The zero-order valence-electron chi connectivity index (χ0n) is 19.9. The van der Waals surface area contributed by atoms with Crippen LogP contribution in [0.15, 0.2) is 47.1 Å². The second kappa shape index (κ2) is 8.04. The first-order valence-corrected chi connectivity index (χ1v) is 11.2. The van der Waals surface area contributed by atoms with Crippen molar-refractivity contribution in [1.29, 1.82) is 0 Å². The van der Waals surface area contributed by atoms with Gasteiger partial charge in [0, 0.05) is 36.3 Å². The van der Waals surface area contributed by atoms with Gasteiger partial charge in [0.25, 0.3) is 5.91 Å². The van der Waals surface area contributed by atoms with Crippen LogP contribution in [-0.4, -0.2) is 36.0 Å². The van der Waals surface area contributed by atoms with E-state index in [1.165, 1.54) is 38.1 Å². The van der Waals surface area contributed by atoms with Gasteiger partial charge in [0.15, 0.2) is 11.6 Å². The number of hydrogen-bond acceptors (Lipinski definition) is 7. The molecule has 0 heterocycles. The maximum absolute atomic E-state index is 13.3. The van der Waals surface area contributed by atoms with E-state index in [0.29, 0.717) is 11.1 Å². The average molecular weight is 466 g/mol. The molecule has 1 spiro atoms. The molecular weight excluding hydrogens is 438 g/mol. The Labute approximate surface area is 197 Å². The van der Waals surface area contributed by atoms with Crippen LogP contribution in [0.5, 0.6) is 0 Å². The molecule has 178 valence electrons. The Morgan fingerprint density at radius 3 is 2.24 bits per heavy atom. The van der Waals surface area contributed by atoms with Gasteiger partial charge in [0.2, 0.25) is 0 Å². The Morgan fingerprint density at radius 1 is 1.09 bits per heavy atom. The van der Waals surface area contributed by atoms with Crippen molar-refractivity contribution in [3.8, 4) is 0 Å². The first kappa shape index (κ1) is 23.6. The third-order valence-corrected chi connectivity index (χ3v) is 7.22. The van der Waals surface area contributed by atoms with Crippen LogP contribution in [0, 0.1) is 16.7 Å². The molecule has 0 saturated heterocycles. The normalized spacial score (nSPS) is 24.5. The number of hydroxylamine groups is 1. The van der Waals surface area contributed by atoms with Crippen LogP contribution in [0.3, 0.4) is 0 Å². The number of ether oxygens (including phenoxy) is 1. The van der Waals surface area contributed by atoms with E-state index in [0.717, 1.165) is 23.5 Å². The Kier molecular flexibility index (Phi) is 5.58. The van der Waals surface area contributed by atoms with E-state index in [4.69, 9.17) is 9.57 Å². The minimum atomic E-state index is -1.11. The molecule has 0 aromatic heterocycles. The van der Waals surface area contributed by atoms with Gasteiger partial charge in [0.05, 0.1) is 16.7 Å². The molecular formula is C26H27NO7. The highest BCUT2D eigenvalue weighted by Gasteiger charge is 2.59. The number of carbonyl (C=O) groups excluding carboxylic acids is 5. The molecule has 0 bridgehead atoms. The minimum Gasteiger partial charge on any atom is -0.461 e. The second-order valence-electron chi connectivity index (χ2n) is 9.57. The summed E-state index contributed by atoms with van der Waals surface area (Å²) in [5, 5.41) is 0.824. The lowest BCUT2D eigenvalue weighted by molar-refractivity contribution is -0.147. The number of anilines is 1. The Hall–Kier alpha value is -3.55. The second-order valence-corrected chi connectivity index (χ2v) is 9.57. The van der Waals surface area contributed by atoms with Crippen molar-refractivity contribution in [3.05, 3.63) is 52.6 Å². The van der Waals surface area contributed by atoms with E-state index in [1.54, 1.807) is 13.0 Å². The quantitative estimate of drug-likeness (QED) is 0.495. The lowest BCUT2D eigenvalue weighted by Crippen LogP contribution is -2.34. The highest BCUT2D eigenvalue weighted by Crippen LogP contribution is 2.63. The van der Waals surface area contributed by atoms with E-state index >= 15 is 0 Å². The lowest BCUT2D eigenvalue weighted by Gasteiger charge is -2.31. The SMILES string of the molecule is CC(=O)ON(C(C)=O)c1ccc(C(=O)OCC2(C)C=C3C(=O)[C@@H](C)C4(CC4)C(C)=C3C2=O)cc1. The van der Waals surface area contributed by atoms with Crippen molar-refractivity contribution >= 4 is 35.1 Å². The molecule has 1 aromatic rings. The number of esters is 1. The van der Waals surface area contributed by atoms with Gasteiger partial charge < -0.3 is 9.57 Å². The predicted molar refractivity (Wildman–Crippen MR) is 121 cm³/mol. The van der Waals surface area contributed by atoms with Crippen molar-refractivity contribution in [2.75, 3.05) is 11.7 Å². The largest absolute Gasteiger partial charge is 0.461 e. The number of Topliss-reactive ketones (excluding diaryl/α,β-unsaturated/α-hetero) is 2. The van der Waals surface area contributed by atoms with Crippen molar-refractivity contribution in [3.63, 3.8) is 0 Å². The molecule has 8 heteroatoms. The number of rotatable bonds is 4. The standard InChI is InChI=1S/C26H27NO7/c1-14-21-20(22(30)15(2)26(14)10-11-26)12-25(5,23(21)31)13-33-24(32)18-6-8-19(9-7-18)27(16(3)28)34-17(4)29/h6-9,12,15H,10-11,13H2,1-5H3/t15-,25?/m1/s1. The van der Waals surface area contributed by atoms with Crippen LogP contribution in [0.25, 0.3) is 0 Å². The number of fused-ring (bicyclic) bond motifs is 1.